The second-order valence-electron chi connectivity index (χ2n) is 5.32. The van der Waals surface area contributed by atoms with Crippen molar-refractivity contribution in [3.05, 3.63) is 64.2 Å². The lowest BCUT2D eigenvalue weighted by Gasteiger charge is -2.26. The van der Waals surface area contributed by atoms with E-state index in [1.165, 1.54) is 11.1 Å². The monoisotopic (exact) mass is 316 g/mol. The number of aryl methyl sites for hydroxylation is 1. The first-order chi connectivity index (χ1) is 10.1. The topological polar surface area (TPSA) is 29.3 Å². The lowest BCUT2D eigenvalue weighted by atomic mass is 10.0. The molecule has 0 aromatic heterocycles. The summed E-state index contributed by atoms with van der Waals surface area (Å²) in [5, 5.41) is 0.711. The Hall–Kier alpha value is -1.58. The van der Waals surface area contributed by atoms with Gasteiger partial charge in [-0.25, -0.2) is 0 Å². The predicted molar refractivity (Wildman–Crippen MR) is 93.2 cm³/mol. The van der Waals surface area contributed by atoms with Gasteiger partial charge in [0.05, 0.1) is 0 Å². The van der Waals surface area contributed by atoms with Crippen molar-refractivity contribution in [2.75, 3.05) is 11.4 Å². The van der Waals surface area contributed by atoms with E-state index in [2.05, 4.69) is 29.2 Å². The number of rotatable bonds is 2. The molecule has 108 valence electrons. The number of thiocarbonyl (C=S) groups is 1. The van der Waals surface area contributed by atoms with Gasteiger partial charge in [-0.3, -0.25) is 0 Å². The Morgan fingerprint density at radius 3 is 2.67 bits per heavy atom. The normalized spacial score (nSPS) is 14.4. The Bertz CT molecular complexity index is 684. The summed E-state index contributed by atoms with van der Waals surface area (Å²) in [6, 6.07) is 14.3. The highest BCUT2D eigenvalue weighted by atomic mass is 35.5. The minimum atomic E-state index is 0.416. The molecule has 0 atom stereocenters. The highest BCUT2D eigenvalue weighted by Crippen LogP contribution is 2.29. The Morgan fingerprint density at radius 1 is 1.14 bits per heavy atom. The second-order valence-corrected chi connectivity index (χ2v) is 6.20. The molecule has 3 rings (SSSR count). The molecular formula is C17H17ClN2S. The summed E-state index contributed by atoms with van der Waals surface area (Å²) in [5.41, 5.74) is 10.6. The lowest BCUT2D eigenvalue weighted by Crippen LogP contribution is -2.26. The van der Waals surface area contributed by atoms with Crippen LogP contribution in [-0.2, 0) is 13.0 Å². The summed E-state index contributed by atoms with van der Waals surface area (Å²) in [7, 11) is 0. The third-order valence-electron chi connectivity index (χ3n) is 3.92. The quantitative estimate of drug-likeness (QED) is 0.851. The zero-order chi connectivity index (χ0) is 14.8. The minimum Gasteiger partial charge on any atom is -0.389 e. The molecule has 2 aromatic rings. The van der Waals surface area contributed by atoms with Gasteiger partial charge in [-0.2, -0.15) is 0 Å². The fourth-order valence-electron chi connectivity index (χ4n) is 2.88. The van der Waals surface area contributed by atoms with Crippen molar-refractivity contribution in [3.63, 3.8) is 0 Å². The molecule has 0 radical (unpaired) electrons. The molecule has 0 bridgehead atoms. The Morgan fingerprint density at radius 2 is 1.90 bits per heavy atom. The smallest absolute Gasteiger partial charge is 0.106 e. The van der Waals surface area contributed by atoms with Gasteiger partial charge in [-0.05, 0) is 42.2 Å². The molecule has 0 fully saturated rings. The molecule has 0 spiro atoms. The van der Waals surface area contributed by atoms with Gasteiger partial charge >= 0.3 is 0 Å². The molecule has 2 N–H and O–H groups in total. The first-order valence-electron chi connectivity index (χ1n) is 7.06. The van der Waals surface area contributed by atoms with Crippen LogP contribution in [0, 0.1) is 0 Å². The Labute approximate surface area is 135 Å². The molecular weight excluding hydrogens is 300 g/mol. The zero-order valence-electron chi connectivity index (χ0n) is 11.7. The van der Waals surface area contributed by atoms with E-state index in [1.54, 1.807) is 0 Å². The fraction of sp³-hybridized carbons (Fsp3) is 0.235. The summed E-state index contributed by atoms with van der Waals surface area (Å²) >= 11 is 11.4. The van der Waals surface area contributed by atoms with E-state index >= 15 is 0 Å². The molecule has 2 nitrogen and oxygen atoms in total. The van der Waals surface area contributed by atoms with Crippen LogP contribution in [0.1, 0.15) is 23.1 Å². The van der Waals surface area contributed by atoms with E-state index in [-0.39, 0.29) is 0 Å². The third kappa shape index (κ3) is 3.04. The Balaban J connectivity index is 2.01. The van der Waals surface area contributed by atoms with Crippen molar-refractivity contribution in [1.29, 1.82) is 0 Å². The molecule has 0 amide bonds. The molecule has 0 saturated heterocycles. The number of benzene rings is 2. The van der Waals surface area contributed by atoms with Crippen LogP contribution < -0.4 is 10.6 Å². The maximum Gasteiger partial charge on any atom is 0.106 e. The molecule has 1 aliphatic heterocycles. The highest BCUT2D eigenvalue weighted by molar-refractivity contribution is 7.80. The largest absolute Gasteiger partial charge is 0.389 e. The number of anilines is 1. The summed E-state index contributed by atoms with van der Waals surface area (Å²) in [6.45, 7) is 1.84. The number of hydrogen-bond acceptors (Lipinski definition) is 2. The van der Waals surface area contributed by atoms with Crippen molar-refractivity contribution in [3.8, 4) is 0 Å². The van der Waals surface area contributed by atoms with Crippen LogP contribution in [0.2, 0.25) is 5.02 Å². The molecule has 4 heteroatoms. The molecule has 2 aromatic carbocycles. The van der Waals surface area contributed by atoms with Gasteiger partial charge in [-0.1, -0.05) is 48.1 Å². The van der Waals surface area contributed by atoms with Crippen LogP contribution in [0.3, 0.4) is 0 Å². The molecule has 0 unspecified atom stereocenters. The van der Waals surface area contributed by atoms with Crippen molar-refractivity contribution in [1.82, 2.24) is 0 Å². The van der Waals surface area contributed by atoms with Crippen molar-refractivity contribution >= 4 is 34.5 Å². The number of halogens is 1. The first kappa shape index (κ1) is 14.4. The molecule has 21 heavy (non-hydrogen) atoms. The maximum absolute atomic E-state index is 6.17. The zero-order valence-corrected chi connectivity index (χ0v) is 13.3. The van der Waals surface area contributed by atoms with Crippen LogP contribution in [-0.4, -0.2) is 11.5 Å². The highest BCUT2D eigenvalue weighted by Gasteiger charge is 2.18. The van der Waals surface area contributed by atoms with Gasteiger partial charge in [-0.15, -0.1) is 0 Å². The lowest BCUT2D eigenvalue weighted by molar-refractivity contribution is 0.765. The predicted octanol–water partition coefficient (Wildman–Crippen LogP) is 3.93. The van der Waals surface area contributed by atoms with E-state index in [4.69, 9.17) is 29.6 Å². The van der Waals surface area contributed by atoms with E-state index < -0.39 is 0 Å². The molecule has 1 aliphatic rings. The number of hydrogen-bond donors (Lipinski definition) is 1. The second kappa shape index (κ2) is 6.04. The number of fused-ring (bicyclic) bond motifs is 1. The van der Waals surface area contributed by atoms with Gasteiger partial charge in [0.2, 0.25) is 0 Å². The molecule has 0 saturated carbocycles. The van der Waals surface area contributed by atoms with Crippen LogP contribution in [0.15, 0.2) is 42.5 Å². The van der Waals surface area contributed by atoms with Crippen LogP contribution in [0.4, 0.5) is 5.69 Å². The van der Waals surface area contributed by atoms with Gasteiger partial charge in [0.1, 0.15) is 4.99 Å². The fourth-order valence-corrected chi connectivity index (χ4v) is 3.22. The summed E-state index contributed by atoms with van der Waals surface area (Å²) in [4.78, 5) is 2.74. The van der Waals surface area contributed by atoms with Crippen LogP contribution in [0.5, 0.6) is 0 Å². The maximum atomic E-state index is 6.17. The minimum absolute atomic E-state index is 0.416. The van der Waals surface area contributed by atoms with Crippen molar-refractivity contribution < 1.29 is 0 Å². The Kier molecular flexibility index (Phi) is 4.13. The number of nitrogens with two attached hydrogens (primary N) is 1. The average Bonchev–Trinajstić information content (AvgIpc) is 2.68. The van der Waals surface area contributed by atoms with Gasteiger partial charge in [0, 0.05) is 29.4 Å². The molecule has 0 aliphatic carbocycles. The first-order valence-corrected chi connectivity index (χ1v) is 7.85. The molecule has 1 heterocycles. The number of nitrogens with zero attached hydrogens (tertiary/aromatic N) is 1. The van der Waals surface area contributed by atoms with Crippen molar-refractivity contribution in [2.45, 2.75) is 19.4 Å². The summed E-state index contributed by atoms with van der Waals surface area (Å²) < 4.78 is 0. The van der Waals surface area contributed by atoms with E-state index in [0.29, 0.717) is 10.0 Å². The SMILES string of the molecule is NC(=S)c1ccc(Cl)cc1N1CCCc2ccccc2C1. The van der Waals surface area contributed by atoms with E-state index in [0.717, 1.165) is 37.2 Å². The van der Waals surface area contributed by atoms with Gasteiger partial charge < -0.3 is 10.6 Å². The summed E-state index contributed by atoms with van der Waals surface area (Å²) in [5.74, 6) is 0. The van der Waals surface area contributed by atoms with Crippen LogP contribution >= 0.6 is 23.8 Å². The van der Waals surface area contributed by atoms with Crippen molar-refractivity contribution in [2.24, 2.45) is 5.73 Å². The van der Waals surface area contributed by atoms with Gasteiger partial charge in [0.25, 0.3) is 0 Å². The van der Waals surface area contributed by atoms with E-state index in [9.17, 15) is 0 Å². The van der Waals surface area contributed by atoms with Crippen LogP contribution in [0.25, 0.3) is 0 Å². The third-order valence-corrected chi connectivity index (χ3v) is 4.37. The van der Waals surface area contributed by atoms with E-state index in [1.807, 2.05) is 18.2 Å². The van der Waals surface area contributed by atoms with Gasteiger partial charge in [0.15, 0.2) is 0 Å². The average molecular weight is 317 g/mol. The standard InChI is InChI=1S/C17H17ClN2S/c18-14-7-8-15(17(19)21)16(10-14)20-9-3-6-12-4-1-2-5-13(12)11-20/h1-2,4-5,7-8,10H,3,6,9,11H2,(H2,19,21). The summed E-state index contributed by atoms with van der Waals surface area (Å²) in [6.07, 6.45) is 2.22.